The SMILES string of the molecule is NC(N)CCCCC(=O)OCC(=O)[C@H](O)CO. The van der Waals surface area contributed by atoms with Crippen molar-refractivity contribution in [3.8, 4) is 0 Å². The molecule has 0 bridgehead atoms. The molecule has 0 aliphatic carbocycles. The third-order valence-electron chi connectivity index (χ3n) is 2.09. The molecule has 0 saturated heterocycles. The van der Waals surface area contributed by atoms with E-state index in [4.69, 9.17) is 21.7 Å². The van der Waals surface area contributed by atoms with E-state index in [9.17, 15) is 9.59 Å². The summed E-state index contributed by atoms with van der Waals surface area (Å²) in [5.41, 5.74) is 10.6. The molecule has 0 aromatic heterocycles. The van der Waals surface area contributed by atoms with Gasteiger partial charge in [0, 0.05) is 6.42 Å². The Hall–Kier alpha value is -1.02. The Bertz CT molecular complexity index is 245. The highest BCUT2D eigenvalue weighted by atomic mass is 16.5. The van der Waals surface area contributed by atoms with Crippen LogP contribution in [0.15, 0.2) is 0 Å². The van der Waals surface area contributed by atoms with E-state index in [2.05, 4.69) is 4.74 Å². The van der Waals surface area contributed by atoms with Gasteiger partial charge in [-0.15, -0.1) is 0 Å². The van der Waals surface area contributed by atoms with Gasteiger partial charge < -0.3 is 26.4 Å². The third-order valence-corrected chi connectivity index (χ3v) is 2.09. The van der Waals surface area contributed by atoms with Crippen molar-refractivity contribution in [1.29, 1.82) is 0 Å². The molecule has 0 aliphatic rings. The number of rotatable bonds is 9. The molecule has 0 aromatic carbocycles. The van der Waals surface area contributed by atoms with Gasteiger partial charge in [-0.05, 0) is 12.8 Å². The highest BCUT2D eigenvalue weighted by Gasteiger charge is 2.15. The Balaban J connectivity index is 3.56. The number of ether oxygens (including phenoxy) is 1. The summed E-state index contributed by atoms with van der Waals surface area (Å²) in [5.74, 6) is -1.24. The summed E-state index contributed by atoms with van der Waals surface area (Å²) >= 11 is 0. The van der Waals surface area contributed by atoms with E-state index < -0.39 is 31.1 Å². The number of carbonyl (C=O) groups is 2. The van der Waals surface area contributed by atoms with Crippen LogP contribution in [0, 0.1) is 0 Å². The van der Waals surface area contributed by atoms with Crippen molar-refractivity contribution in [2.24, 2.45) is 11.5 Å². The Morgan fingerprint density at radius 2 is 1.88 bits per heavy atom. The molecular weight excluding hydrogens is 228 g/mol. The molecule has 0 fully saturated rings. The molecule has 100 valence electrons. The van der Waals surface area contributed by atoms with E-state index in [-0.39, 0.29) is 12.6 Å². The van der Waals surface area contributed by atoms with Gasteiger partial charge in [-0.1, -0.05) is 6.42 Å². The fraction of sp³-hybridized carbons (Fsp3) is 0.800. The van der Waals surface area contributed by atoms with Gasteiger partial charge in [0.1, 0.15) is 6.10 Å². The van der Waals surface area contributed by atoms with E-state index in [1.165, 1.54) is 0 Å². The van der Waals surface area contributed by atoms with E-state index >= 15 is 0 Å². The Morgan fingerprint density at radius 3 is 2.41 bits per heavy atom. The molecule has 0 aromatic rings. The minimum atomic E-state index is -1.49. The number of Topliss-reactive ketones (excluding diaryl/α,β-unsaturated/α-hetero) is 1. The third kappa shape index (κ3) is 8.75. The highest BCUT2D eigenvalue weighted by Crippen LogP contribution is 2.02. The molecule has 0 amide bonds. The molecule has 0 unspecified atom stereocenters. The van der Waals surface area contributed by atoms with Gasteiger partial charge in [-0.3, -0.25) is 9.59 Å². The second-order valence-corrected chi connectivity index (χ2v) is 3.74. The lowest BCUT2D eigenvalue weighted by molar-refractivity contribution is -0.150. The fourth-order valence-corrected chi connectivity index (χ4v) is 1.07. The van der Waals surface area contributed by atoms with Crippen LogP contribution in [0.4, 0.5) is 0 Å². The lowest BCUT2D eigenvalue weighted by Gasteiger charge is -2.07. The van der Waals surface area contributed by atoms with Crippen LogP contribution in [0.3, 0.4) is 0 Å². The minimum absolute atomic E-state index is 0.176. The molecule has 7 heteroatoms. The van der Waals surface area contributed by atoms with Crippen molar-refractivity contribution in [3.05, 3.63) is 0 Å². The van der Waals surface area contributed by atoms with Gasteiger partial charge in [-0.2, -0.15) is 0 Å². The summed E-state index contributed by atoms with van der Waals surface area (Å²) in [6.07, 6.45) is 0.218. The number of aliphatic hydroxyl groups excluding tert-OH is 2. The topological polar surface area (TPSA) is 136 Å². The number of nitrogens with two attached hydrogens (primary N) is 2. The van der Waals surface area contributed by atoms with Crippen LogP contribution >= 0.6 is 0 Å². The largest absolute Gasteiger partial charge is 0.458 e. The van der Waals surface area contributed by atoms with Gasteiger partial charge >= 0.3 is 5.97 Å². The standard InChI is InChI=1S/C10H20N2O5/c11-9(12)3-1-2-4-10(16)17-6-8(15)7(14)5-13/h7,9,13-14H,1-6,11-12H2/t7-/m1/s1. The number of aliphatic hydroxyl groups is 2. The first kappa shape index (κ1) is 16.0. The summed E-state index contributed by atoms with van der Waals surface area (Å²) in [6, 6.07) is 0. The second kappa shape index (κ2) is 9.06. The van der Waals surface area contributed by atoms with Crippen LogP contribution in [0.25, 0.3) is 0 Å². The van der Waals surface area contributed by atoms with Crippen molar-refractivity contribution >= 4 is 11.8 Å². The van der Waals surface area contributed by atoms with Gasteiger partial charge in [0.05, 0.1) is 12.8 Å². The Kier molecular flexibility index (Phi) is 8.51. The molecule has 0 spiro atoms. The monoisotopic (exact) mass is 248 g/mol. The lowest BCUT2D eigenvalue weighted by Crippen LogP contribution is -2.30. The molecule has 0 radical (unpaired) electrons. The molecule has 0 heterocycles. The van der Waals surface area contributed by atoms with E-state index in [1.54, 1.807) is 0 Å². The number of ketones is 1. The lowest BCUT2D eigenvalue weighted by atomic mass is 10.2. The molecule has 17 heavy (non-hydrogen) atoms. The highest BCUT2D eigenvalue weighted by molar-refractivity contribution is 5.86. The van der Waals surface area contributed by atoms with Crippen molar-refractivity contribution in [3.63, 3.8) is 0 Å². The first-order valence-corrected chi connectivity index (χ1v) is 5.45. The normalized spacial score (nSPS) is 12.5. The average molecular weight is 248 g/mol. The average Bonchev–Trinajstić information content (AvgIpc) is 2.30. The summed E-state index contributed by atoms with van der Waals surface area (Å²) in [6.45, 7) is -1.19. The molecular formula is C10H20N2O5. The number of esters is 1. The van der Waals surface area contributed by atoms with Crippen LogP contribution in [0.2, 0.25) is 0 Å². The molecule has 0 saturated carbocycles. The van der Waals surface area contributed by atoms with Crippen LogP contribution in [0.5, 0.6) is 0 Å². The Morgan fingerprint density at radius 1 is 1.24 bits per heavy atom. The summed E-state index contributed by atoms with van der Waals surface area (Å²) in [7, 11) is 0. The predicted octanol–water partition coefficient (Wildman–Crippen LogP) is -1.74. The molecule has 7 nitrogen and oxygen atoms in total. The quantitative estimate of drug-likeness (QED) is 0.216. The van der Waals surface area contributed by atoms with Gasteiger partial charge in [0.25, 0.3) is 0 Å². The first-order valence-electron chi connectivity index (χ1n) is 5.45. The van der Waals surface area contributed by atoms with Crippen LogP contribution in [-0.4, -0.2) is 47.4 Å². The number of carbonyl (C=O) groups excluding carboxylic acids is 2. The maximum absolute atomic E-state index is 11.1. The summed E-state index contributed by atoms with van der Waals surface area (Å²) in [4.78, 5) is 22.1. The number of hydrogen-bond acceptors (Lipinski definition) is 7. The fourth-order valence-electron chi connectivity index (χ4n) is 1.07. The zero-order valence-electron chi connectivity index (χ0n) is 9.67. The van der Waals surface area contributed by atoms with Crippen molar-refractivity contribution in [2.75, 3.05) is 13.2 Å². The maximum Gasteiger partial charge on any atom is 0.306 e. The van der Waals surface area contributed by atoms with Crippen LogP contribution in [-0.2, 0) is 14.3 Å². The second-order valence-electron chi connectivity index (χ2n) is 3.74. The van der Waals surface area contributed by atoms with E-state index in [0.29, 0.717) is 19.3 Å². The van der Waals surface area contributed by atoms with Gasteiger partial charge in [-0.25, -0.2) is 0 Å². The predicted molar refractivity (Wildman–Crippen MR) is 59.7 cm³/mol. The molecule has 1 atom stereocenters. The zero-order valence-corrected chi connectivity index (χ0v) is 9.67. The molecule has 6 N–H and O–H groups in total. The minimum Gasteiger partial charge on any atom is -0.458 e. The van der Waals surface area contributed by atoms with Crippen molar-refractivity contribution in [1.82, 2.24) is 0 Å². The van der Waals surface area contributed by atoms with Crippen LogP contribution < -0.4 is 11.5 Å². The van der Waals surface area contributed by atoms with Crippen molar-refractivity contribution in [2.45, 2.75) is 38.0 Å². The zero-order chi connectivity index (χ0) is 13.3. The van der Waals surface area contributed by atoms with Gasteiger partial charge in [0.15, 0.2) is 6.61 Å². The summed E-state index contributed by atoms with van der Waals surface area (Å²) in [5, 5.41) is 17.4. The van der Waals surface area contributed by atoms with Crippen LogP contribution in [0.1, 0.15) is 25.7 Å². The van der Waals surface area contributed by atoms with Crippen molar-refractivity contribution < 1.29 is 24.5 Å². The molecule has 0 aliphatic heterocycles. The maximum atomic E-state index is 11.1. The number of unbranched alkanes of at least 4 members (excludes halogenated alkanes) is 1. The van der Waals surface area contributed by atoms with E-state index in [0.717, 1.165) is 0 Å². The summed E-state index contributed by atoms with van der Waals surface area (Å²) < 4.78 is 4.61. The molecule has 0 rings (SSSR count). The first-order chi connectivity index (χ1) is 7.97. The van der Waals surface area contributed by atoms with Gasteiger partial charge in [0.2, 0.25) is 5.78 Å². The Labute approximate surface area is 99.7 Å². The smallest absolute Gasteiger partial charge is 0.306 e. The van der Waals surface area contributed by atoms with E-state index in [1.807, 2.05) is 0 Å². The number of hydrogen-bond donors (Lipinski definition) is 4.